The van der Waals surface area contributed by atoms with Gasteiger partial charge in [-0.1, -0.05) is 48.5 Å². The van der Waals surface area contributed by atoms with E-state index in [4.69, 9.17) is 9.47 Å². The number of benzene rings is 3. The molecular weight excluding hydrogens is 236 g/mol. The third kappa shape index (κ3) is 2.25. The maximum absolute atomic E-state index is 5.99. The molecule has 0 aromatic heterocycles. The molecular formula is C17H14O2. The topological polar surface area (TPSA) is 18.5 Å². The van der Waals surface area contributed by atoms with Crippen LogP contribution in [-0.2, 0) is 0 Å². The van der Waals surface area contributed by atoms with Gasteiger partial charge in [-0.25, -0.2) is 0 Å². The van der Waals surface area contributed by atoms with Crippen LogP contribution in [0, 0.1) is 0 Å². The van der Waals surface area contributed by atoms with Gasteiger partial charge in [-0.05, 0) is 23.6 Å². The van der Waals surface area contributed by atoms with Crippen LogP contribution >= 0.6 is 0 Å². The third-order valence-electron chi connectivity index (χ3n) is 3.03. The monoisotopic (exact) mass is 250 g/mol. The van der Waals surface area contributed by atoms with Crippen LogP contribution in [0.1, 0.15) is 0 Å². The lowest BCUT2D eigenvalue weighted by atomic mass is 10.1. The Labute approximate surface area is 112 Å². The van der Waals surface area contributed by atoms with Crippen molar-refractivity contribution in [1.29, 1.82) is 0 Å². The second kappa shape index (κ2) is 5.02. The Morgan fingerprint density at radius 3 is 2.26 bits per heavy atom. The molecule has 0 aliphatic heterocycles. The number of para-hydroxylation sites is 1. The van der Waals surface area contributed by atoms with Gasteiger partial charge >= 0.3 is 0 Å². The van der Waals surface area contributed by atoms with E-state index >= 15 is 0 Å². The van der Waals surface area contributed by atoms with Gasteiger partial charge in [-0.15, -0.1) is 0 Å². The molecule has 0 saturated heterocycles. The second-order valence-corrected chi connectivity index (χ2v) is 4.23. The molecule has 0 bridgehead atoms. The van der Waals surface area contributed by atoms with Crippen LogP contribution in [0.4, 0.5) is 0 Å². The quantitative estimate of drug-likeness (QED) is 0.674. The SMILES string of the molecule is COc1ccc2ccccc2c1Oc1ccccc1. The van der Waals surface area contributed by atoms with Crippen molar-refractivity contribution in [3.05, 3.63) is 66.7 Å². The van der Waals surface area contributed by atoms with E-state index in [2.05, 4.69) is 6.07 Å². The van der Waals surface area contributed by atoms with Gasteiger partial charge in [0, 0.05) is 5.39 Å². The van der Waals surface area contributed by atoms with Crippen LogP contribution < -0.4 is 9.47 Å². The molecule has 0 amide bonds. The van der Waals surface area contributed by atoms with E-state index in [1.54, 1.807) is 7.11 Å². The van der Waals surface area contributed by atoms with Gasteiger partial charge in [0.15, 0.2) is 11.5 Å². The highest BCUT2D eigenvalue weighted by atomic mass is 16.5. The predicted molar refractivity (Wildman–Crippen MR) is 77.0 cm³/mol. The Morgan fingerprint density at radius 1 is 0.737 bits per heavy atom. The number of fused-ring (bicyclic) bond motifs is 1. The summed E-state index contributed by atoms with van der Waals surface area (Å²) in [5.41, 5.74) is 0. The van der Waals surface area contributed by atoms with Crippen molar-refractivity contribution in [2.75, 3.05) is 7.11 Å². The number of methoxy groups -OCH3 is 1. The van der Waals surface area contributed by atoms with E-state index in [1.807, 2.05) is 60.7 Å². The van der Waals surface area contributed by atoms with E-state index in [0.717, 1.165) is 28.0 Å². The van der Waals surface area contributed by atoms with Crippen LogP contribution in [0.5, 0.6) is 17.2 Å². The molecule has 0 heterocycles. The summed E-state index contributed by atoms with van der Waals surface area (Å²) in [6.45, 7) is 0. The minimum Gasteiger partial charge on any atom is -0.493 e. The van der Waals surface area contributed by atoms with E-state index in [1.165, 1.54) is 0 Å². The summed E-state index contributed by atoms with van der Waals surface area (Å²) >= 11 is 0. The van der Waals surface area contributed by atoms with E-state index < -0.39 is 0 Å². The maximum atomic E-state index is 5.99. The van der Waals surface area contributed by atoms with Crippen molar-refractivity contribution in [2.45, 2.75) is 0 Å². The molecule has 2 nitrogen and oxygen atoms in total. The highest BCUT2D eigenvalue weighted by molar-refractivity contribution is 5.91. The second-order valence-electron chi connectivity index (χ2n) is 4.23. The minimum atomic E-state index is 0.738. The number of rotatable bonds is 3. The molecule has 2 heteroatoms. The van der Waals surface area contributed by atoms with Crippen LogP contribution in [0.3, 0.4) is 0 Å². The molecule has 0 saturated carbocycles. The molecule has 0 N–H and O–H groups in total. The lowest BCUT2D eigenvalue weighted by Crippen LogP contribution is -1.91. The molecule has 0 aliphatic rings. The lowest BCUT2D eigenvalue weighted by Gasteiger charge is -2.13. The molecule has 94 valence electrons. The highest BCUT2D eigenvalue weighted by Gasteiger charge is 2.10. The normalized spacial score (nSPS) is 10.4. The summed E-state index contributed by atoms with van der Waals surface area (Å²) < 4.78 is 11.4. The average Bonchev–Trinajstić information content (AvgIpc) is 2.49. The molecule has 19 heavy (non-hydrogen) atoms. The predicted octanol–water partition coefficient (Wildman–Crippen LogP) is 4.64. The molecule has 3 aromatic carbocycles. The van der Waals surface area contributed by atoms with Crippen LogP contribution in [-0.4, -0.2) is 7.11 Å². The zero-order valence-electron chi connectivity index (χ0n) is 10.7. The summed E-state index contributed by atoms with van der Waals surface area (Å²) in [5.74, 6) is 2.30. The minimum absolute atomic E-state index is 0.738. The molecule has 3 aromatic rings. The Morgan fingerprint density at radius 2 is 1.47 bits per heavy atom. The van der Waals surface area contributed by atoms with E-state index in [9.17, 15) is 0 Å². The van der Waals surface area contributed by atoms with Gasteiger partial charge < -0.3 is 9.47 Å². The van der Waals surface area contributed by atoms with Gasteiger partial charge in [0.25, 0.3) is 0 Å². The smallest absolute Gasteiger partial charge is 0.177 e. The first-order valence-electron chi connectivity index (χ1n) is 6.17. The Balaban J connectivity index is 2.15. The van der Waals surface area contributed by atoms with Crippen molar-refractivity contribution in [3.63, 3.8) is 0 Å². The van der Waals surface area contributed by atoms with Crippen molar-refractivity contribution in [3.8, 4) is 17.2 Å². The highest BCUT2D eigenvalue weighted by Crippen LogP contribution is 2.38. The van der Waals surface area contributed by atoms with Crippen LogP contribution in [0.25, 0.3) is 10.8 Å². The summed E-state index contributed by atoms with van der Waals surface area (Å²) in [7, 11) is 1.65. The Hall–Kier alpha value is -2.48. The zero-order chi connectivity index (χ0) is 13.1. The summed E-state index contributed by atoms with van der Waals surface area (Å²) in [6, 6.07) is 21.8. The first-order valence-corrected chi connectivity index (χ1v) is 6.17. The fourth-order valence-electron chi connectivity index (χ4n) is 2.10. The van der Waals surface area contributed by atoms with Crippen LogP contribution in [0.15, 0.2) is 66.7 Å². The summed E-state index contributed by atoms with van der Waals surface area (Å²) in [6.07, 6.45) is 0. The number of ether oxygens (including phenoxy) is 2. The van der Waals surface area contributed by atoms with Gasteiger partial charge in [0.05, 0.1) is 7.11 Å². The molecule has 0 unspecified atom stereocenters. The number of hydrogen-bond acceptors (Lipinski definition) is 2. The van der Waals surface area contributed by atoms with Gasteiger partial charge in [-0.3, -0.25) is 0 Å². The fraction of sp³-hybridized carbons (Fsp3) is 0.0588. The lowest BCUT2D eigenvalue weighted by molar-refractivity contribution is 0.381. The first-order chi connectivity index (χ1) is 9.38. The van der Waals surface area contributed by atoms with Gasteiger partial charge in [0.2, 0.25) is 0 Å². The van der Waals surface area contributed by atoms with E-state index in [0.29, 0.717) is 0 Å². The number of hydrogen-bond donors (Lipinski definition) is 0. The average molecular weight is 250 g/mol. The summed E-state index contributed by atoms with van der Waals surface area (Å²) in [4.78, 5) is 0. The van der Waals surface area contributed by atoms with Crippen molar-refractivity contribution in [2.24, 2.45) is 0 Å². The largest absolute Gasteiger partial charge is 0.493 e. The molecule has 3 rings (SSSR count). The molecule has 0 aliphatic carbocycles. The van der Waals surface area contributed by atoms with Gasteiger partial charge in [0.1, 0.15) is 5.75 Å². The van der Waals surface area contributed by atoms with Crippen LogP contribution in [0.2, 0.25) is 0 Å². The Kier molecular flexibility index (Phi) is 3.07. The Bertz CT molecular complexity index is 690. The van der Waals surface area contributed by atoms with Crippen molar-refractivity contribution >= 4 is 10.8 Å². The fourth-order valence-corrected chi connectivity index (χ4v) is 2.10. The third-order valence-corrected chi connectivity index (χ3v) is 3.03. The molecule has 0 spiro atoms. The first kappa shape index (κ1) is 11.6. The van der Waals surface area contributed by atoms with Crippen molar-refractivity contribution in [1.82, 2.24) is 0 Å². The van der Waals surface area contributed by atoms with Crippen molar-refractivity contribution < 1.29 is 9.47 Å². The molecule has 0 fully saturated rings. The maximum Gasteiger partial charge on any atom is 0.177 e. The van der Waals surface area contributed by atoms with E-state index in [-0.39, 0.29) is 0 Å². The molecule has 0 atom stereocenters. The summed E-state index contributed by atoms with van der Waals surface area (Å²) in [5, 5.41) is 2.18. The zero-order valence-corrected chi connectivity index (χ0v) is 10.7. The standard InChI is InChI=1S/C17H14O2/c1-18-16-12-11-13-7-5-6-10-15(13)17(16)19-14-8-3-2-4-9-14/h2-12H,1H3. The van der Waals surface area contributed by atoms with Gasteiger partial charge in [-0.2, -0.15) is 0 Å². The molecule has 0 radical (unpaired) electrons.